The first-order valence-corrected chi connectivity index (χ1v) is 7.28. The fraction of sp³-hybridized carbons (Fsp3) is 0.900. The minimum absolute atomic E-state index is 0.0524. The number of carbonyl (C=O) groups excluding carboxylic acids is 1. The van der Waals surface area contributed by atoms with Crippen LogP contribution in [0.3, 0.4) is 0 Å². The Morgan fingerprint density at radius 3 is 2.59 bits per heavy atom. The molecule has 102 valence electrons. The van der Waals surface area contributed by atoms with E-state index >= 15 is 0 Å². The molecule has 1 unspecified atom stereocenters. The third-order valence-corrected chi connectivity index (χ3v) is 3.86. The van der Waals surface area contributed by atoms with E-state index in [1.54, 1.807) is 0 Å². The number of aliphatic hydroxyl groups is 1. The Labute approximate surface area is 102 Å². The monoisotopic (exact) mass is 267 g/mol. The van der Waals surface area contributed by atoms with Gasteiger partial charge in [-0.1, -0.05) is 6.92 Å². The molecule has 17 heavy (non-hydrogen) atoms. The van der Waals surface area contributed by atoms with E-state index in [1.165, 1.54) is 7.11 Å². The Balaban J connectivity index is 4.06. The highest BCUT2D eigenvalue weighted by Gasteiger charge is 2.16. The number of methoxy groups -OCH3 is 1. The molecular weight excluding hydrogens is 246 g/mol. The molecule has 2 N–H and O–H groups in total. The van der Waals surface area contributed by atoms with E-state index in [0.717, 1.165) is 0 Å². The molecule has 7 heteroatoms. The number of carbonyl (C=O) groups is 1. The van der Waals surface area contributed by atoms with Gasteiger partial charge in [0.25, 0.3) is 0 Å². The molecular formula is C10H21NO5S. The molecule has 0 saturated heterocycles. The van der Waals surface area contributed by atoms with Gasteiger partial charge >= 0.3 is 5.97 Å². The van der Waals surface area contributed by atoms with E-state index in [9.17, 15) is 13.2 Å². The van der Waals surface area contributed by atoms with Crippen LogP contribution in [0.5, 0.6) is 0 Å². The molecule has 1 atom stereocenters. The van der Waals surface area contributed by atoms with E-state index in [4.69, 9.17) is 5.11 Å². The number of hydrogen-bond acceptors (Lipinski definition) is 5. The van der Waals surface area contributed by atoms with Crippen LogP contribution >= 0.6 is 0 Å². The molecule has 0 bridgehead atoms. The van der Waals surface area contributed by atoms with Gasteiger partial charge in [-0.2, -0.15) is 0 Å². The van der Waals surface area contributed by atoms with Crippen LogP contribution in [-0.4, -0.2) is 45.0 Å². The highest BCUT2D eigenvalue weighted by molar-refractivity contribution is 7.89. The Hall–Kier alpha value is -0.660. The SMILES string of the molecule is CCC(CCO)NS(=O)(=O)CCCC(=O)OC. The fourth-order valence-electron chi connectivity index (χ4n) is 1.32. The maximum atomic E-state index is 11.6. The molecule has 0 aromatic heterocycles. The van der Waals surface area contributed by atoms with Crippen molar-refractivity contribution in [3.05, 3.63) is 0 Å². The Bertz CT molecular complexity index is 315. The maximum absolute atomic E-state index is 11.6. The summed E-state index contributed by atoms with van der Waals surface area (Å²) in [6.07, 6.45) is 1.34. The van der Waals surface area contributed by atoms with E-state index in [0.29, 0.717) is 12.8 Å². The van der Waals surface area contributed by atoms with Gasteiger partial charge in [0.15, 0.2) is 0 Å². The van der Waals surface area contributed by atoms with Gasteiger partial charge in [-0.05, 0) is 19.3 Å². The molecule has 0 heterocycles. The predicted octanol–water partition coefficient (Wildman–Crippen LogP) is 0.0200. The van der Waals surface area contributed by atoms with E-state index in [-0.39, 0.29) is 31.2 Å². The Kier molecular flexibility index (Phi) is 8.11. The third kappa shape index (κ3) is 8.12. The van der Waals surface area contributed by atoms with Crippen molar-refractivity contribution in [2.24, 2.45) is 0 Å². The minimum atomic E-state index is -3.39. The predicted molar refractivity (Wildman–Crippen MR) is 64.0 cm³/mol. The average Bonchev–Trinajstić information content (AvgIpc) is 2.27. The van der Waals surface area contributed by atoms with Crippen molar-refractivity contribution < 1.29 is 23.1 Å². The fourth-order valence-corrected chi connectivity index (χ4v) is 2.76. The zero-order valence-electron chi connectivity index (χ0n) is 10.3. The van der Waals surface area contributed by atoms with Crippen LogP contribution in [0.15, 0.2) is 0 Å². The molecule has 0 spiro atoms. The van der Waals surface area contributed by atoms with Crippen molar-refractivity contribution in [1.82, 2.24) is 4.72 Å². The van der Waals surface area contributed by atoms with Crippen LogP contribution in [0.25, 0.3) is 0 Å². The largest absolute Gasteiger partial charge is 0.469 e. The topological polar surface area (TPSA) is 92.7 Å². The number of hydrogen-bond donors (Lipinski definition) is 2. The lowest BCUT2D eigenvalue weighted by Gasteiger charge is -2.15. The van der Waals surface area contributed by atoms with Crippen LogP contribution < -0.4 is 4.72 Å². The number of nitrogens with one attached hydrogen (secondary N) is 1. The molecule has 0 aromatic carbocycles. The van der Waals surface area contributed by atoms with Crippen LogP contribution in [0.2, 0.25) is 0 Å². The van der Waals surface area contributed by atoms with Crippen molar-refractivity contribution in [2.45, 2.75) is 38.6 Å². The van der Waals surface area contributed by atoms with E-state index < -0.39 is 16.0 Å². The van der Waals surface area contributed by atoms with Crippen molar-refractivity contribution in [2.75, 3.05) is 19.5 Å². The highest BCUT2D eigenvalue weighted by Crippen LogP contribution is 2.02. The molecule has 6 nitrogen and oxygen atoms in total. The summed E-state index contributed by atoms with van der Waals surface area (Å²) >= 11 is 0. The molecule has 0 rings (SSSR count). The number of sulfonamides is 1. The second kappa shape index (κ2) is 8.43. The van der Waals surface area contributed by atoms with E-state index in [1.807, 2.05) is 6.92 Å². The first-order valence-electron chi connectivity index (χ1n) is 5.62. The molecule has 0 aromatic rings. The molecule has 0 amide bonds. The van der Waals surface area contributed by atoms with Gasteiger partial charge in [0.05, 0.1) is 12.9 Å². The summed E-state index contributed by atoms with van der Waals surface area (Å²) in [6, 6.07) is -0.247. The number of aliphatic hydroxyl groups excluding tert-OH is 1. The molecule has 0 fully saturated rings. The standard InChI is InChI=1S/C10H21NO5S/c1-3-9(6-7-12)11-17(14,15)8-4-5-10(13)16-2/h9,11-12H,3-8H2,1-2H3. The normalized spacial score (nSPS) is 13.4. The molecule has 0 aliphatic heterocycles. The van der Waals surface area contributed by atoms with Gasteiger partial charge in [-0.3, -0.25) is 4.79 Å². The van der Waals surface area contributed by atoms with Gasteiger partial charge in [-0.25, -0.2) is 13.1 Å². The summed E-state index contributed by atoms with van der Waals surface area (Å²) in [5, 5.41) is 8.75. The second-order valence-electron chi connectivity index (χ2n) is 3.73. The number of ether oxygens (including phenoxy) is 1. The van der Waals surface area contributed by atoms with E-state index in [2.05, 4.69) is 9.46 Å². The van der Waals surface area contributed by atoms with Crippen LogP contribution in [-0.2, 0) is 19.6 Å². The van der Waals surface area contributed by atoms with Gasteiger partial charge < -0.3 is 9.84 Å². The lowest BCUT2D eigenvalue weighted by atomic mass is 10.2. The van der Waals surface area contributed by atoms with Crippen molar-refractivity contribution >= 4 is 16.0 Å². The van der Waals surface area contributed by atoms with Gasteiger partial charge in [0.2, 0.25) is 10.0 Å². The van der Waals surface area contributed by atoms with Gasteiger partial charge in [-0.15, -0.1) is 0 Å². The quantitative estimate of drug-likeness (QED) is 0.574. The molecule has 0 aliphatic carbocycles. The van der Waals surface area contributed by atoms with Crippen molar-refractivity contribution in [3.8, 4) is 0 Å². The zero-order valence-corrected chi connectivity index (χ0v) is 11.1. The first-order chi connectivity index (χ1) is 7.95. The Morgan fingerprint density at radius 1 is 1.47 bits per heavy atom. The van der Waals surface area contributed by atoms with Crippen LogP contribution in [0, 0.1) is 0 Å². The summed E-state index contributed by atoms with van der Waals surface area (Å²) in [7, 11) is -2.12. The number of esters is 1. The highest BCUT2D eigenvalue weighted by atomic mass is 32.2. The Morgan fingerprint density at radius 2 is 2.12 bits per heavy atom. The smallest absolute Gasteiger partial charge is 0.305 e. The maximum Gasteiger partial charge on any atom is 0.305 e. The van der Waals surface area contributed by atoms with Crippen LogP contribution in [0.1, 0.15) is 32.6 Å². The minimum Gasteiger partial charge on any atom is -0.469 e. The van der Waals surface area contributed by atoms with Crippen molar-refractivity contribution in [1.29, 1.82) is 0 Å². The molecule has 0 radical (unpaired) electrons. The summed E-state index contributed by atoms with van der Waals surface area (Å²) in [4.78, 5) is 10.8. The second-order valence-corrected chi connectivity index (χ2v) is 5.61. The lowest BCUT2D eigenvalue weighted by Crippen LogP contribution is -2.36. The molecule has 0 aliphatic rings. The zero-order chi connectivity index (χ0) is 13.3. The van der Waals surface area contributed by atoms with Crippen molar-refractivity contribution in [3.63, 3.8) is 0 Å². The van der Waals surface area contributed by atoms with Gasteiger partial charge in [0, 0.05) is 19.1 Å². The number of rotatable bonds is 9. The summed E-state index contributed by atoms with van der Waals surface area (Å²) in [6.45, 7) is 1.79. The average molecular weight is 267 g/mol. The van der Waals surface area contributed by atoms with Gasteiger partial charge in [0.1, 0.15) is 0 Å². The van der Waals surface area contributed by atoms with Crippen LogP contribution in [0.4, 0.5) is 0 Å². The third-order valence-electron chi connectivity index (χ3n) is 2.34. The summed E-state index contributed by atoms with van der Waals surface area (Å²) in [5.41, 5.74) is 0. The lowest BCUT2D eigenvalue weighted by molar-refractivity contribution is -0.140. The summed E-state index contributed by atoms with van der Waals surface area (Å²) < 4.78 is 30.1. The summed E-state index contributed by atoms with van der Waals surface area (Å²) in [5.74, 6) is -0.521. The molecule has 0 saturated carbocycles. The first kappa shape index (κ1) is 16.3.